The van der Waals surface area contributed by atoms with Crippen LogP contribution in [0.5, 0.6) is 11.5 Å². The summed E-state index contributed by atoms with van der Waals surface area (Å²) in [7, 11) is 0. The number of halogens is 1. The Balaban J connectivity index is 2.33. The predicted molar refractivity (Wildman–Crippen MR) is 91.1 cm³/mol. The lowest BCUT2D eigenvalue weighted by Crippen LogP contribution is -2.33. The number of benzene rings is 2. The van der Waals surface area contributed by atoms with Crippen LogP contribution in [0.25, 0.3) is 11.1 Å². The molecule has 3 rings (SSSR count). The minimum atomic E-state index is -0.182. The van der Waals surface area contributed by atoms with Crippen LogP contribution in [-0.4, -0.2) is 10.7 Å². The van der Waals surface area contributed by atoms with E-state index < -0.39 is 0 Å². The molecule has 0 aromatic heterocycles. The average Bonchev–Trinajstić information content (AvgIpc) is 2.47. The Morgan fingerprint density at radius 2 is 1.82 bits per heavy atom. The van der Waals surface area contributed by atoms with Gasteiger partial charge in [-0.2, -0.15) is 0 Å². The van der Waals surface area contributed by atoms with E-state index in [4.69, 9.17) is 16.3 Å². The molecule has 2 nitrogen and oxygen atoms in total. The zero-order valence-electron chi connectivity index (χ0n) is 13.5. The number of phenolic OH excluding ortho intramolecular Hbond substituents is 1. The largest absolute Gasteiger partial charge is 0.507 e. The van der Waals surface area contributed by atoms with Gasteiger partial charge in [0.2, 0.25) is 0 Å². The van der Waals surface area contributed by atoms with Crippen molar-refractivity contribution in [3.05, 3.63) is 46.0 Å². The Labute approximate surface area is 136 Å². The van der Waals surface area contributed by atoms with Crippen LogP contribution in [0.3, 0.4) is 0 Å². The molecule has 1 aliphatic rings. The van der Waals surface area contributed by atoms with E-state index in [-0.39, 0.29) is 5.60 Å². The smallest absolute Gasteiger partial charge is 0.127 e. The van der Waals surface area contributed by atoms with E-state index in [2.05, 4.69) is 13.8 Å². The van der Waals surface area contributed by atoms with Crippen molar-refractivity contribution in [3.63, 3.8) is 0 Å². The number of aromatic hydroxyl groups is 1. The summed E-state index contributed by atoms with van der Waals surface area (Å²) in [6.45, 7) is 8.14. The molecular formula is C19H21ClO2. The van der Waals surface area contributed by atoms with Crippen molar-refractivity contribution in [2.24, 2.45) is 0 Å². The average molecular weight is 317 g/mol. The summed E-state index contributed by atoms with van der Waals surface area (Å²) in [5, 5.41) is 11.4. The van der Waals surface area contributed by atoms with Gasteiger partial charge in [-0.05, 0) is 57.7 Å². The van der Waals surface area contributed by atoms with Crippen LogP contribution in [0.1, 0.15) is 37.0 Å². The fourth-order valence-corrected chi connectivity index (χ4v) is 3.33. The maximum Gasteiger partial charge on any atom is 0.127 e. The van der Waals surface area contributed by atoms with Gasteiger partial charge in [0.05, 0.1) is 0 Å². The van der Waals surface area contributed by atoms with Gasteiger partial charge in [-0.25, -0.2) is 0 Å². The molecule has 0 saturated carbocycles. The van der Waals surface area contributed by atoms with Crippen molar-refractivity contribution >= 4 is 11.6 Å². The number of fused-ring (bicyclic) bond motifs is 1. The van der Waals surface area contributed by atoms with Gasteiger partial charge in [-0.1, -0.05) is 29.8 Å². The van der Waals surface area contributed by atoms with Gasteiger partial charge in [0.25, 0.3) is 0 Å². The van der Waals surface area contributed by atoms with E-state index in [1.54, 1.807) is 0 Å². The Morgan fingerprint density at radius 3 is 2.50 bits per heavy atom. The summed E-state index contributed by atoms with van der Waals surface area (Å²) in [6, 6.07) is 7.64. The van der Waals surface area contributed by atoms with Crippen LogP contribution in [0.2, 0.25) is 5.02 Å². The van der Waals surface area contributed by atoms with E-state index in [1.807, 2.05) is 38.1 Å². The molecule has 0 spiro atoms. The SMILES string of the molecule is Cc1c(C)c2c(c(-c3ccccc3Cl)c1O)CCC(C)(C)O2. The first kappa shape index (κ1) is 15.2. The van der Waals surface area contributed by atoms with Crippen molar-refractivity contribution in [3.8, 4) is 22.6 Å². The van der Waals surface area contributed by atoms with Gasteiger partial charge in [-0.3, -0.25) is 0 Å². The maximum absolute atomic E-state index is 10.7. The van der Waals surface area contributed by atoms with Gasteiger partial charge in [0.15, 0.2) is 0 Å². The summed E-state index contributed by atoms with van der Waals surface area (Å²) in [5.41, 5.74) is 4.43. The van der Waals surface area contributed by atoms with Gasteiger partial charge in [0, 0.05) is 21.7 Å². The summed E-state index contributed by atoms with van der Waals surface area (Å²) >= 11 is 6.37. The second kappa shape index (κ2) is 5.20. The molecule has 116 valence electrons. The van der Waals surface area contributed by atoms with Crippen LogP contribution in [0, 0.1) is 13.8 Å². The van der Waals surface area contributed by atoms with Crippen molar-refractivity contribution in [2.75, 3.05) is 0 Å². The fourth-order valence-electron chi connectivity index (χ4n) is 3.10. The van der Waals surface area contributed by atoms with Crippen LogP contribution in [-0.2, 0) is 6.42 Å². The monoisotopic (exact) mass is 316 g/mol. The lowest BCUT2D eigenvalue weighted by atomic mass is 9.85. The second-order valence-electron chi connectivity index (χ2n) is 6.62. The highest BCUT2D eigenvalue weighted by Crippen LogP contribution is 2.48. The highest BCUT2D eigenvalue weighted by Gasteiger charge is 2.32. The molecule has 0 amide bonds. The highest BCUT2D eigenvalue weighted by atomic mass is 35.5. The number of phenols is 1. The van der Waals surface area contributed by atoms with Gasteiger partial charge < -0.3 is 9.84 Å². The van der Waals surface area contributed by atoms with Gasteiger partial charge >= 0.3 is 0 Å². The zero-order valence-corrected chi connectivity index (χ0v) is 14.2. The van der Waals surface area contributed by atoms with E-state index in [9.17, 15) is 5.11 Å². The minimum Gasteiger partial charge on any atom is -0.507 e. The lowest BCUT2D eigenvalue weighted by molar-refractivity contribution is 0.0836. The molecule has 0 aliphatic carbocycles. The van der Waals surface area contributed by atoms with Crippen molar-refractivity contribution in [1.82, 2.24) is 0 Å². The molecule has 1 heterocycles. The molecule has 1 aliphatic heterocycles. The number of hydrogen-bond donors (Lipinski definition) is 1. The maximum atomic E-state index is 10.7. The Bertz CT molecular complexity index is 748. The third-order valence-electron chi connectivity index (χ3n) is 4.57. The summed E-state index contributed by atoms with van der Waals surface area (Å²) < 4.78 is 6.23. The molecule has 1 N–H and O–H groups in total. The molecular weight excluding hydrogens is 296 g/mol. The Morgan fingerprint density at radius 1 is 1.14 bits per heavy atom. The molecule has 0 saturated heterocycles. The third-order valence-corrected chi connectivity index (χ3v) is 4.90. The van der Waals surface area contributed by atoms with Crippen molar-refractivity contribution in [1.29, 1.82) is 0 Å². The molecule has 2 aromatic rings. The number of rotatable bonds is 1. The minimum absolute atomic E-state index is 0.182. The van der Waals surface area contributed by atoms with Crippen molar-refractivity contribution < 1.29 is 9.84 Å². The first-order chi connectivity index (χ1) is 10.3. The molecule has 2 aromatic carbocycles. The summed E-state index contributed by atoms with van der Waals surface area (Å²) in [6.07, 6.45) is 1.79. The highest BCUT2D eigenvalue weighted by molar-refractivity contribution is 6.33. The lowest BCUT2D eigenvalue weighted by Gasteiger charge is -2.35. The van der Waals surface area contributed by atoms with Crippen molar-refractivity contribution in [2.45, 2.75) is 46.1 Å². The van der Waals surface area contributed by atoms with E-state index in [1.165, 1.54) is 0 Å². The van der Waals surface area contributed by atoms with E-state index in [0.717, 1.165) is 46.4 Å². The summed E-state index contributed by atoms with van der Waals surface area (Å²) in [5.74, 6) is 1.22. The quantitative estimate of drug-likeness (QED) is 0.759. The molecule has 0 fully saturated rings. The van der Waals surface area contributed by atoms with Crippen LogP contribution >= 0.6 is 11.6 Å². The molecule has 22 heavy (non-hydrogen) atoms. The fraction of sp³-hybridized carbons (Fsp3) is 0.368. The van der Waals surface area contributed by atoms with Crippen LogP contribution < -0.4 is 4.74 Å². The number of ether oxygens (including phenoxy) is 1. The van der Waals surface area contributed by atoms with Gasteiger partial charge in [0.1, 0.15) is 17.1 Å². The molecule has 0 radical (unpaired) electrons. The number of hydrogen-bond acceptors (Lipinski definition) is 2. The topological polar surface area (TPSA) is 29.5 Å². The molecule has 0 unspecified atom stereocenters. The molecule has 3 heteroatoms. The standard InChI is InChI=1S/C19H21ClO2/c1-11-12(2)18-14(9-10-19(3,4)22-18)16(17(11)21)13-7-5-6-8-15(13)20/h5-8,21H,9-10H2,1-4H3. The third kappa shape index (κ3) is 2.36. The first-order valence-electron chi connectivity index (χ1n) is 7.61. The van der Waals surface area contributed by atoms with Crippen LogP contribution in [0.4, 0.5) is 0 Å². The normalized spacial score (nSPS) is 16.0. The Kier molecular flexibility index (Phi) is 3.60. The zero-order chi connectivity index (χ0) is 16.1. The van der Waals surface area contributed by atoms with Crippen LogP contribution in [0.15, 0.2) is 24.3 Å². The predicted octanol–water partition coefficient (Wildman–Crippen LogP) is 5.43. The van der Waals surface area contributed by atoms with Gasteiger partial charge in [-0.15, -0.1) is 0 Å². The molecule has 0 bridgehead atoms. The first-order valence-corrected chi connectivity index (χ1v) is 7.98. The Hall–Kier alpha value is -1.67. The van der Waals surface area contributed by atoms with E-state index in [0.29, 0.717) is 10.8 Å². The second-order valence-corrected chi connectivity index (χ2v) is 7.03. The summed E-state index contributed by atoms with van der Waals surface area (Å²) in [4.78, 5) is 0. The van der Waals surface area contributed by atoms with E-state index >= 15 is 0 Å². The molecule has 0 atom stereocenters.